The van der Waals surface area contributed by atoms with Gasteiger partial charge in [0.25, 0.3) is 0 Å². The van der Waals surface area contributed by atoms with Crippen LogP contribution in [0.3, 0.4) is 0 Å². The summed E-state index contributed by atoms with van der Waals surface area (Å²) in [5, 5.41) is 22.8. The maximum absolute atomic E-state index is 12.7. The summed E-state index contributed by atoms with van der Waals surface area (Å²) in [6, 6.07) is 15.5. The molecule has 2 aromatic carbocycles. The Bertz CT molecular complexity index is 1080. The van der Waals surface area contributed by atoms with Gasteiger partial charge in [0.2, 0.25) is 0 Å². The van der Waals surface area contributed by atoms with Gasteiger partial charge in [0.05, 0.1) is 18.3 Å². The van der Waals surface area contributed by atoms with Gasteiger partial charge in [-0.25, -0.2) is 0 Å². The number of phenolic OH excluding ortho intramolecular Hbond substituents is 1. The highest BCUT2D eigenvalue weighted by atomic mass is 35.5. The Hall–Kier alpha value is -1.53. The molecule has 0 amide bonds. The smallest absolute Gasteiger partial charge is 0.192 e. The van der Waals surface area contributed by atoms with E-state index in [0.29, 0.717) is 24.8 Å². The molecule has 6 heteroatoms. The minimum Gasteiger partial charge on any atom is -0.508 e. The van der Waals surface area contributed by atoms with Gasteiger partial charge < -0.3 is 19.4 Å². The molecule has 2 aliphatic carbocycles. The van der Waals surface area contributed by atoms with Gasteiger partial charge in [0.1, 0.15) is 11.5 Å². The van der Waals surface area contributed by atoms with Crippen LogP contribution in [0, 0.1) is 11.3 Å². The van der Waals surface area contributed by atoms with E-state index in [1.807, 2.05) is 36.4 Å². The lowest BCUT2D eigenvalue weighted by atomic mass is 9.56. The molecule has 2 N–H and O–H groups in total. The van der Waals surface area contributed by atoms with E-state index in [-0.39, 0.29) is 28.2 Å². The van der Waals surface area contributed by atoms with E-state index in [9.17, 15) is 10.2 Å². The third-order valence-electron chi connectivity index (χ3n) is 10.1. The first-order valence-electron chi connectivity index (χ1n) is 14.8. The molecule has 2 aliphatic rings. The number of aromatic hydroxyl groups is 1. The van der Waals surface area contributed by atoms with Crippen LogP contribution in [-0.4, -0.2) is 37.1 Å². The molecule has 4 rings (SSSR count). The third kappa shape index (κ3) is 6.37. The van der Waals surface area contributed by atoms with Gasteiger partial charge in [-0.15, -0.1) is 11.6 Å². The van der Waals surface area contributed by atoms with Gasteiger partial charge in [-0.3, -0.25) is 0 Å². The van der Waals surface area contributed by atoms with Crippen molar-refractivity contribution < 1.29 is 19.4 Å². The van der Waals surface area contributed by atoms with Gasteiger partial charge in [0.15, 0.2) is 8.32 Å². The van der Waals surface area contributed by atoms with Crippen molar-refractivity contribution in [2.24, 2.45) is 11.3 Å². The molecule has 0 radical (unpaired) electrons. The molecule has 216 valence electrons. The lowest BCUT2D eigenvalue weighted by Crippen LogP contribution is -2.53. The Balaban J connectivity index is 1.63. The second-order valence-corrected chi connectivity index (χ2v) is 18.9. The summed E-state index contributed by atoms with van der Waals surface area (Å²) in [6.45, 7) is 14.6. The van der Waals surface area contributed by atoms with E-state index in [2.05, 4.69) is 40.8 Å². The first-order valence-corrected chi connectivity index (χ1v) is 18.2. The van der Waals surface area contributed by atoms with Crippen LogP contribution in [0.5, 0.6) is 11.5 Å². The highest BCUT2D eigenvalue weighted by Crippen LogP contribution is 2.63. The summed E-state index contributed by atoms with van der Waals surface area (Å²) in [5.74, 6) is 2.18. The van der Waals surface area contributed by atoms with E-state index < -0.39 is 13.9 Å². The van der Waals surface area contributed by atoms with Crippen molar-refractivity contribution >= 4 is 19.9 Å². The summed E-state index contributed by atoms with van der Waals surface area (Å²) in [5.41, 5.74) is 0.828. The fraction of sp³-hybridized carbons (Fsp3) is 0.636. The first kappa shape index (κ1) is 30.4. The van der Waals surface area contributed by atoms with Crippen LogP contribution in [0.2, 0.25) is 18.1 Å². The Morgan fingerprint density at radius 3 is 2.26 bits per heavy atom. The largest absolute Gasteiger partial charge is 0.508 e. The van der Waals surface area contributed by atoms with Crippen molar-refractivity contribution in [2.75, 3.05) is 12.5 Å². The van der Waals surface area contributed by atoms with E-state index in [1.165, 1.54) is 0 Å². The number of hydrogen-bond donors (Lipinski definition) is 2. The summed E-state index contributed by atoms with van der Waals surface area (Å²) in [6.07, 6.45) is 6.91. The lowest BCUT2D eigenvalue weighted by Gasteiger charge is -2.54. The standard InChI is InChI=1S/C33H49ClO4Si/c1-31(2,3)39(5,6)38-30-19-14-26-22-29(24-10-15-27(35)16-11-24)33(36,23-32(26,30)4)25-12-17-28(18-13-25)37-21-9-7-8-20-34/h10-13,15-18,26,29-30,35-36H,7-9,14,19-23H2,1-6H3/t26-,29-,30-,32-,33+/m0/s1. The van der Waals surface area contributed by atoms with Gasteiger partial charge in [-0.2, -0.15) is 0 Å². The number of fused-ring (bicyclic) bond motifs is 1. The van der Waals surface area contributed by atoms with Crippen LogP contribution < -0.4 is 4.74 Å². The Morgan fingerprint density at radius 2 is 1.64 bits per heavy atom. The molecular formula is C33H49ClO4Si. The number of phenols is 1. The van der Waals surface area contributed by atoms with E-state index in [0.717, 1.165) is 55.4 Å². The number of rotatable bonds is 10. The molecule has 0 saturated heterocycles. The lowest BCUT2D eigenvalue weighted by molar-refractivity contribution is -0.112. The zero-order chi connectivity index (χ0) is 28.5. The van der Waals surface area contributed by atoms with Crippen LogP contribution in [-0.2, 0) is 10.0 Å². The number of benzene rings is 2. The fourth-order valence-electron chi connectivity index (χ4n) is 6.65. The topological polar surface area (TPSA) is 58.9 Å². The minimum atomic E-state index is -1.97. The monoisotopic (exact) mass is 572 g/mol. The van der Waals surface area contributed by atoms with E-state index >= 15 is 0 Å². The minimum absolute atomic E-state index is 0.0647. The summed E-state index contributed by atoms with van der Waals surface area (Å²) < 4.78 is 13.1. The van der Waals surface area contributed by atoms with Crippen molar-refractivity contribution in [1.29, 1.82) is 0 Å². The summed E-state index contributed by atoms with van der Waals surface area (Å²) in [7, 11) is -1.97. The second-order valence-electron chi connectivity index (χ2n) is 13.8. The Labute approximate surface area is 242 Å². The highest BCUT2D eigenvalue weighted by Gasteiger charge is 2.60. The number of aliphatic hydroxyl groups is 1. The molecule has 5 atom stereocenters. The Morgan fingerprint density at radius 1 is 0.974 bits per heavy atom. The zero-order valence-corrected chi connectivity index (χ0v) is 26.6. The van der Waals surface area contributed by atoms with Crippen molar-refractivity contribution in [2.45, 2.75) is 108 Å². The van der Waals surface area contributed by atoms with Crippen molar-refractivity contribution in [1.82, 2.24) is 0 Å². The number of alkyl halides is 1. The molecule has 4 nitrogen and oxygen atoms in total. The predicted molar refractivity (Wildman–Crippen MR) is 163 cm³/mol. The predicted octanol–water partition coefficient (Wildman–Crippen LogP) is 8.75. The highest BCUT2D eigenvalue weighted by molar-refractivity contribution is 6.74. The SMILES string of the molecule is CC(C)(C)[Si](C)(C)O[C@H]1CC[C@H]2C[C@@H](c3ccc(O)cc3)[C@](O)(c3ccc(OCCCCCCl)cc3)C[C@@]21C. The molecule has 2 aromatic rings. The fourth-order valence-corrected chi connectivity index (χ4v) is 8.30. The summed E-state index contributed by atoms with van der Waals surface area (Å²) >= 11 is 5.79. The first-order chi connectivity index (χ1) is 18.3. The molecule has 2 saturated carbocycles. The van der Waals surface area contributed by atoms with Crippen LogP contribution in [0.15, 0.2) is 48.5 Å². The van der Waals surface area contributed by atoms with Crippen molar-refractivity contribution in [3.05, 3.63) is 59.7 Å². The van der Waals surface area contributed by atoms with E-state index in [4.69, 9.17) is 20.8 Å². The quantitative estimate of drug-likeness (QED) is 0.170. The van der Waals surface area contributed by atoms with Gasteiger partial charge in [-0.1, -0.05) is 52.0 Å². The molecule has 0 aliphatic heterocycles. The zero-order valence-electron chi connectivity index (χ0n) is 24.8. The van der Waals surface area contributed by atoms with Gasteiger partial charge >= 0.3 is 0 Å². The average molecular weight is 573 g/mol. The molecule has 0 aromatic heterocycles. The molecule has 39 heavy (non-hydrogen) atoms. The van der Waals surface area contributed by atoms with Crippen LogP contribution in [0.4, 0.5) is 0 Å². The van der Waals surface area contributed by atoms with Crippen LogP contribution >= 0.6 is 11.6 Å². The maximum atomic E-state index is 12.7. The number of halogens is 1. The molecular weight excluding hydrogens is 524 g/mol. The Kier molecular flexibility index (Phi) is 9.17. The van der Waals surface area contributed by atoms with E-state index in [1.54, 1.807) is 12.1 Å². The van der Waals surface area contributed by atoms with Gasteiger partial charge in [0, 0.05) is 11.8 Å². The average Bonchev–Trinajstić information content (AvgIpc) is 3.17. The number of hydrogen-bond acceptors (Lipinski definition) is 4. The number of unbranched alkanes of at least 4 members (excludes halogenated alkanes) is 2. The normalized spacial score (nSPS) is 29.3. The molecule has 0 spiro atoms. The summed E-state index contributed by atoms with van der Waals surface area (Å²) in [4.78, 5) is 0. The molecule has 0 unspecified atom stereocenters. The van der Waals surface area contributed by atoms with Crippen LogP contribution in [0.1, 0.15) is 89.7 Å². The molecule has 0 heterocycles. The van der Waals surface area contributed by atoms with Crippen molar-refractivity contribution in [3.8, 4) is 11.5 Å². The molecule has 0 bridgehead atoms. The van der Waals surface area contributed by atoms with Crippen LogP contribution in [0.25, 0.3) is 0 Å². The maximum Gasteiger partial charge on any atom is 0.192 e. The number of ether oxygens (including phenoxy) is 1. The van der Waals surface area contributed by atoms with Gasteiger partial charge in [-0.05, 0) is 110 Å². The second kappa shape index (κ2) is 11.8. The third-order valence-corrected chi connectivity index (χ3v) is 14.9. The van der Waals surface area contributed by atoms with Crippen molar-refractivity contribution in [3.63, 3.8) is 0 Å². The molecule has 2 fully saturated rings.